The van der Waals surface area contributed by atoms with Gasteiger partial charge in [0, 0.05) is 25.3 Å². The largest absolute Gasteiger partial charge is 0.378 e. The topological polar surface area (TPSA) is 29.3 Å². The number of benzene rings is 1. The molecule has 0 fully saturated rings. The molecule has 0 spiro atoms. The van der Waals surface area contributed by atoms with E-state index < -0.39 is 12.5 Å². The van der Waals surface area contributed by atoms with Crippen molar-refractivity contribution in [3.63, 3.8) is 0 Å². The number of nitrogens with two attached hydrogens (primary N) is 1. The molecular weight excluding hydrogens is 186 g/mol. The Morgan fingerprint density at radius 2 is 2.00 bits per heavy atom. The highest BCUT2D eigenvalue weighted by Crippen LogP contribution is 2.28. The van der Waals surface area contributed by atoms with Crippen molar-refractivity contribution in [1.82, 2.24) is 0 Å². The summed E-state index contributed by atoms with van der Waals surface area (Å²) in [6, 6.07) is 6.22. The first-order valence-corrected chi connectivity index (χ1v) is 4.33. The molecule has 0 unspecified atom stereocenters. The Bertz CT molecular complexity index is 311. The van der Waals surface area contributed by atoms with Gasteiger partial charge in [0.25, 0.3) is 5.92 Å². The van der Waals surface area contributed by atoms with Gasteiger partial charge in [-0.15, -0.1) is 0 Å². The maximum Gasteiger partial charge on any atom is 0.285 e. The Hall–Kier alpha value is -1.16. The van der Waals surface area contributed by atoms with E-state index in [2.05, 4.69) is 0 Å². The third-order valence-corrected chi connectivity index (χ3v) is 2.04. The lowest BCUT2D eigenvalue weighted by Gasteiger charge is -2.18. The van der Waals surface area contributed by atoms with Crippen LogP contribution in [0.4, 0.5) is 14.5 Å². The van der Waals surface area contributed by atoms with Crippen LogP contribution < -0.4 is 10.6 Å². The molecule has 0 saturated carbocycles. The molecule has 0 aliphatic heterocycles. The Balaban J connectivity index is 3.05. The van der Waals surface area contributed by atoms with E-state index in [0.29, 0.717) is 0 Å². The van der Waals surface area contributed by atoms with E-state index in [0.717, 1.165) is 5.69 Å². The molecule has 78 valence electrons. The number of hydrogen-bond acceptors (Lipinski definition) is 2. The second-order valence-corrected chi connectivity index (χ2v) is 3.35. The Morgan fingerprint density at radius 3 is 2.50 bits per heavy atom. The monoisotopic (exact) mass is 200 g/mol. The van der Waals surface area contributed by atoms with E-state index in [-0.39, 0.29) is 5.56 Å². The lowest BCUT2D eigenvalue weighted by Crippen LogP contribution is -2.25. The number of rotatable bonds is 3. The first kappa shape index (κ1) is 10.9. The molecule has 0 saturated heterocycles. The number of hydrogen-bond donors (Lipinski definition) is 1. The molecule has 0 amide bonds. The van der Waals surface area contributed by atoms with E-state index in [1.165, 1.54) is 12.1 Å². The fourth-order valence-corrected chi connectivity index (χ4v) is 1.13. The van der Waals surface area contributed by atoms with Gasteiger partial charge in [-0.2, -0.15) is 8.78 Å². The molecule has 14 heavy (non-hydrogen) atoms. The highest BCUT2D eigenvalue weighted by Gasteiger charge is 2.29. The Labute approximate surface area is 82.3 Å². The second kappa shape index (κ2) is 3.92. The molecule has 0 aliphatic rings. The zero-order valence-corrected chi connectivity index (χ0v) is 8.30. The van der Waals surface area contributed by atoms with Crippen molar-refractivity contribution in [3.8, 4) is 0 Å². The average Bonchev–Trinajstić information content (AvgIpc) is 2.18. The van der Waals surface area contributed by atoms with Gasteiger partial charge < -0.3 is 10.6 Å². The summed E-state index contributed by atoms with van der Waals surface area (Å²) in [6.45, 7) is -0.663. The van der Waals surface area contributed by atoms with Crippen molar-refractivity contribution in [2.45, 2.75) is 5.92 Å². The molecule has 1 aromatic carbocycles. The number of nitrogens with zero attached hydrogens (tertiary/aromatic N) is 1. The van der Waals surface area contributed by atoms with Crippen LogP contribution >= 0.6 is 0 Å². The van der Waals surface area contributed by atoms with E-state index in [1.54, 1.807) is 31.1 Å². The van der Waals surface area contributed by atoms with Crippen molar-refractivity contribution < 1.29 is 8.78 Å². The van der Waals surface area contributed by atoms with Crippen LogP contribution in [0.15, 0.2) is 24.3 Å². The highest BCUT2D eigenvalue weighted by atomic mass is 19.3. The van der Waals surface area contributed by atoms with Crippen LogP contribution in [0.3, 0.4) is 0 Å². The third-order valence-electron chi connectivity index (χ3n) is 2.04. The quantitative estimate of drug-likeness (QED) is 0.806. The molecule has 2 N–H and O–H groups in total. The van der Waals surface area contributed by atoms with Gasteiger partial charge in [0.1, 0.15) is 0 Å². The van der Waals surface area contributed by atoms with Crippen molar-refractivity contribution >= 4 is 5.69 Å². The van der Waals surface area contributed by atoms with Gasteiger partial charge in [-0.25, -0.2) is 0 Å². The summed E-state index contributed by atoms with van der Waals surface area (Å²) in [5, 5.41) is 0. The lowest BCUT2D eigenvalue weighted by molar-refractivity contribution is 0.00599. The standard InChI is InChI=1S/C10H14F2N2/c1-14(2)9-5-3-4-8(6-9)10(11,12)7-13/h3-6H,7,13H2,1-2H3. The smallest absolute Gasteiger partial charge is 0.285 e. The Morgan fingerprint density at radius 1 is 1.36 bits per heavy atom. The molecule has 0 heterocycles. The van der Waals surface area contributed by atoms with Crippen LogP contribution in [0.1, 0.15) is 5.56 Å². The molecule has 0 bridgehead atoms. The highest BCUT2D eigenvalue weighted by molar-refractivity contribution is 5.48. The van der Waals surface area contributed by atoms with Crippen LogP contribution in [0.2, 0.25) is 0 Å². The molecule has 1 rings (SSSR count). The van der Waals surface area contributed by atoms with E-state index in [4.69, 9.17) is 5.73 Å². The number of halogens is 2. The summed E-state index contributed by atoms with van der Waals surface area (Å²) < 4.78 is 26.4. The minimum Gasteiger partial charge on any atom is -0.378 e. The second-order valence-electron chi connectivity index (χ2n) is 3.35. The van der Waals surface area contributed by atoms with E-state index >= 15 is 0 Å². The van der Waals surface area contributed by atoms with Gasteiger partial charge in [0.05, 0.1) is 6.54 Å². The summed E-state index contributed by atoms with van der Waals surface area (Å²) in [6.07, 6.45) is 0. The van der Waals surface area contributed by atoms with Crippen molar-refractivity contribution in [3.05, 3.63) is 29.8 Å². The zero-order chi connectivity index (χ0) is 10.8. The first-order chi connectivity index (χ1) is 6.47. The van der Waals surface area contributed by atoms with Crippen LogP contribution in [-0.4, -0.2) is 20.6 Å². The van der Waals surface area contributed by atoms with Gasteiger partial charge in [0.15, 0.2) is 0 Å². The van der Waals surface area contributed by atoms with Crippen molar-refractivity contribution in [2.24, 2.45) is 5.73 Å². The van der Waals surface area contributed by atoms with Gasteiger partial charge >= 0.3 is 0 Å². The minimum atomic E-state index is -2.94. The van der Waals surface area contributed by atoms with Gasteiger partial charge in [-0.3, -0.25) is 0 Å². The maximum atomic E-state index is 13.2. The molecule has 2 nitrogen and oxygen atoms in total. The molecular formula is C10H14F2N2. The number of alkyl halides is 2. The fourth-order valence-electron chi connectivity index (χ4n) is 1.13. The summed E-state index contributed by atoms with van der Waals surface area (Å²) >= 11 is 0. The normalized spacial score (nSPS) is 11.5. The summed E-state index contributed by atoms with van der Waals surface area (Å²) in [4.78, 5) is 1.77. The van der Waals surface area contributed by atoms with E-state index in [9.17, 15) is 8.78 Å². The van der Waals surface area contributed by atoms with Crippen LogP contribution in [0.5, 0.6) is 0 Å². The van der Waals surface area contributed by atoms with Gasteiger partial charge in [-0.1, -0.05) is 12.1 Å². The third kappa shape index (κ3) is 2.20. The van der Waals surface area contributed by atoms with Crippen LogP contribution in [0, 0.1) is 0 Å². The van der Waals surface area contributed by atoms with E-state index in [1.807, 2.05) is 0 Å². The molecule has 0 radical (unpaired) electrons. The van der Waals surface area contributed by atoms with Gasteiger partial charge in [-0.05, 0) is 12.1 Å². The summed E-state index contributed by atoms with van der Waals surface area (Å²) in [7, 11) is 3.61. The van der Waals surface area contributed by atoms with Crippen LogP contribution in [-0.2, 0) is 5.92 Å². The lowest BCUT2D eigenvalue weighted by atomic mass is 10.1. The predicted molar refractivity (Wildman–Crippen MR) is 53.7 cm³/mol. The fraction of sp³-hybridized carbons (Fsp3) is 0.400. The Kier molecular flexibility index (Phi) is 3.06. The SMILES string of the molecule is CN(C)c1cccc(C(F)(F)CN)c1. The van der Waals surface area contributed by atoms with Crippen molar-refractivity contribution in [1.29, 1.82) is 0 Å². The minimum absolute atomic E-state index is 0.0359. The molecule has 1 aromatic rings. The predicted octanol–water partition coefficient (Wildman–Crippen LogP) is 1.80. The zero-order valence-electron chi connectivity index (χ0n) is 8.30. The van der Waals surface area contributed by atoms with Crippen LogP contribution in [0.25, 0.3) is 0 Å². The first-order valence-electron chi connectivity index (χ1n) is 4.33. The average molecular weight is 200 g/mol. The maximum absolute atomic E-state index is 13.2. The number of anilines is 1. The van der Waals surface area contributed by atoms with Crippen molar-refractivity contribution in [2.75, 3.05) is 25.5 Å². The summed E-state index contributed by atoms with van der Waals surface area (Å²) in [5.74, 6) is -2.94. The molecule has 0 aliphatic carbocycles. The molecule has 4 heteroatoms. The molecule has 0 atom stereocenters. The van der Waals surface area contributed by atoms with Gasteiger partial charge in [0.2, 0.25) is 0 Å². The summed E-state index contributed by atoms with van der Waals surface area (Å²) in [5.41, 5.74) is 5.71. The molecule has 0 aromatic heterocycles.